The molecule has 0 aliphatic rings. The Bertz CT molecular complexity index is 266. The molecule has 1 aromatic rings. The summed E-state index contributed by atoms with van der Waals surface area (Å²) in [5, 5.41) is 3.67. The molecule has 0 bridgehead atoms. The van der Waals surface area contributed by atoms with Gasteiger partial charge in [-0.25, -0.2) is 0 Å². The minimum atomic E-state index is 0.653. The monoisotopic (exact) mass is 219 g/mol. The molecule has 1 N–H and O–H groups in total. The van der Waals surface area contributed by atoms with E-state index in [0.29, 0.717) is 6.04 Å². The van der Waals surface area contributed by atoms with Crippen molar-refractivity contribution >= 4 is 0 Å². The molecular formula is C15H25N. The van der Waals surface area contributed by atoms with Crippen LogP contribution in [0.15, 0.2) is 30.3 Å². The van der Waals surface area contributed by atoms with Crippen LogP contribution in [0, 0.1) is 5.92 Å². The number of hydrogen-bond donors (Lipinski definition) is 1. The van der Waals surface area contributed by atoms with Crippen LogP contribution in [0.1, 0.15) is 45.6 Å². The van der Waals surface area contributed by atoms with E-state index >= 15 is 0 Å². The molecule has 0 aliphatic carbocycles. The third-order valence-corrected chi connectivity index (χ3v) is 3.08. The Balaban J connectivity index is 2.38. The quantitative estimate of drug-likeness (QED) is 0.731. The largest absolute Gasteiger partial charge is 0.310 e. The van der Waals surface area contributed by atoms with Crippen molar-refractivity contribution in [3.63, 3.8) is 0 Å². The van der Waals surface area contributed by atoms with E-state index in [1.807, 2.05) is 0 Å². The lowest BCUT2D eigenvalue weighted by molar-refractivity contribution is 0.367. The first kappa shape index (κ1) is 13.2. The number of hydrogen-bond acceptors (Lipinski definition) is 1. The maximum absolute atomic E-state index is 3.67. The third-order valence-electron chi connectivity index (χ3n) is 3.08. The molecule has 0 saturated carbocycles. The minimum Gasteiger partial charge on any atom is -0.310 e. The second kappa shape index (κ2) is 7.45. The fourth-order valence-corrected chi connectivity index (χ4v) is 1.94. The van der Waals surface area contributed by atoms with Gasteiger partial charge in [-0.3, -0.25) is 0 Å². The van der Waals surface area contributed by atoms with E-state index in [1.54, 1.807) is 0 Å². The lowest BCUT2D eigenvalue weighted by Gasteiger charge is -2.22. The van der Waals surface area contributed by atoms with Crippen LogP contribution in [-0.2, 0) is 6.54 Å². The summed E-state index contributed by atoms with van der Waals surface area (Å²) in [6.45, 7) is 7.86. The zero-order chi connectivity index (χ0) is 11.8. The summed E-state index contributed by atoms with van der Waals surface area (Å²) in [5.74, 6) is 0.718. The molecule has 1 aromatic carbocycles. The summed E-state index contributed by atoms with van der Waals surface area (Å²) >= 11 is 0. The van der Waals surface area contributed by atoms with Crippen molar-refractivity contribution in [1.82, 2.24) is 5.32 Å². The van der Waals surface area contributed by atoms with Gasteiger partial charge in [-0.15, -0.1) is 0 Å². The number of rotatable bonds is 7. The van der Waals surface area contributed by atoms with Crippen LogP contribution in [-0.4, -0.2) is 6.04 Å². The minimum absolute atomic E-state index is 0.653. The zero-order valence-corrected chi connectivity index (χ0v) is 10.9. The van der Waals surface area contributed by atoms with Crippen molar-refractivity contribution in [3.8, 4) is 0 Å². The average Bonchev–Trinajstić information content (AvgIpc) is 2.30. The SMILES string of the molecule is CCCCC(NCc1ccccc1)C(C)C. The van der Waals surface area contributed by atoms with Gasteiger partial charge < -0.3 is 5.32 Å². The highest BCUT2D eigenvalue weighted by atomic mass is 14.9. The van der Waals surface area contributed by atoms with Gasteiger partial charge in [0.2, 0.25) is 0 Å². The van der Waals surface area contributed by atoms with Crippen LogP contribution >= 0.6 is 0 Å². The Labute approximate surface area is 100 Å². The fourth-order valence-electron chi connectivity index (χ4n) is 1.94. The molecule has 90 valence electrons. The Morgan fingerprint density at radius 3 is 2.38 bits per heavy atom. The Morgan fingerprint density at radius 1 is 1.12 bits per heavy atom. The molecule has 0 fully saturated rings. The van der Waals surface area contributed by atoms with E-state index in [0.717, 1.165) is 12.5 Å². The summed E-state index contributed by atoms with van der Waals surface area (Å²) in [5.41, 5.74) is 1.38. The van der Waals surface area contributed by atoms with E-state index < -0.39 is 0 Å². The highest BCUT2D eigenvalue weighted by Crippen LogP contribution is 2.11. The van der Waals surface area contributed by atoms with Gasteiger partial charge in [0.05, 0.1) is 0 Å². The molecule has 0 spiro atoms. The smallest absolute Gasteiger partial charge is 0.0208 e. The van der Waals surface area contributed by atoms with Crippen molar-refractivity contribution < 1.29 is 0 Å². The van der Waals surface area contributed by atoms with E-state index in [1.165, 1.54) is 24.8 Å². The molecule has 0 radical (unpaired) electrons. The van der Waals surface area contributed by atoms with Gasteiger partial charge in [-0.1, -0.05) is 63.9 Å². The Hall–Kier alpha value is -0.820. The molecule has 0 aliphatic heterocycles. The van der Waals surface area contributed by atoms with Gasteiger partial charge in [0, 0.05) is 12.6 Å². The molecule has 0 heterocycles. The standard InChI is InChI=1S/C15H25N/c1-4-5-11-15(13(2)3)16-12-14-9-7-6-8-10-14/h6-10,13,15-16H,4-5,11-12H2,1-3H3. The summed E-state index contributed by atoms with van der Waals surface area (Å²) in [6, 6.07) is 11.3. The first-order valence-corrected chi connectivity index (χ1v) is 6.51. The molecule has 0 amide bonds. The number of benzene rings is 1. The van der Waals surface area contributed by atoms with Gasteiger partial charge in [-0.2, -0.15) is 0 Å². The second-order valence-electron chi connectivity index (χ2n) is 4.86. The van der Waals surface area contributed by atoms with Gasteiger partial charge in [-0.05, 0) is 17.9 Å². The van der Waals surface area contributed by atoms with Crippen molar-refractivity contribution in [1.29, 1.82) is 0 Å². The van der Waals surface area contributed by atoms with E-state index in [9.17, 15) is 0 Å². The maximum Gasteiger partial charge on any atom is 0.0208 e. The molecule has 0 aromatic heterocycles. The molecule has 16 heavy (non-hydrogen) atoms. The molecule has 1 heteroatoms. The van der Waals surface area contributed by atoms with Crippen LogP contribution in [0.2, 0.25) is 0 Å². The van der Waals surface area contributed by atoms with Crippen LogP contribution < -0.4 is 5.32 Å². The van der Waals surface area contributed by atoms with E-state index in [-0.39, 0.29) is 0 Å². The van der Waals surface area contributed by atoms with Crippen LogP contribution in [0.3, 0.4) is 0 Å². The zero-order valence-electron chi connectivity index (χ0n) is 10.9. The van der Waals surface area contributed by atoms with Crippen molar-refractivity contribution in [3.05, 3.63) is 35.9 Å². The lowest BCUT2D eigenvalue weighted by atomic mass is 9.98. The Kier molecular flexibility index (Phi) is 6.17. The predicted molar refractivity (Wildman–Crippen MR) is 71.4 cm³/mol. The maximum atomic E-state index is 3.67. The lowest BCUT2D eigenvalue weighted by Crippen LogP contribution is -2.33. The molecule has 1 nitrogen and oxygen atoms in total. The normalized spacial score (nSPS) is 13.0. The van der Waals surface area contributed by atoms with Crippen molar-refractivity contribution in [2.45, 2.75) is 52.6 Å². The highest BCUT2D eigenvalue weighted by Gasteiger charge is 2.11. The van der Waals surface area contributed by atoms with Gasteiger partial charge >= 0.3 is 0 Å². The summed E-state index contributed by atoms with van der Waals surface area (Å²) in [6.07, 6.45) is 3.90. The summed E-state index contributed by atoms with van der Waals surface area (Å²) < 4.78 is 0. The van der Waals surface area contributed by atoms with Crippen LogP contribution in [0.5, 0.6) is 0 Å². The van der Waals surface area contributed by atoms with Crippen LogP contribution in [0.25, 0.3) is 0 Å². The second-order valence-corrected chi connectivity index (χ2v) is 4.86. The van der Waals surface area contributed by atoms with Gasteiger partial charge in [0.1, 0.15) is 0 Å². The molecule has 1 atom stereocenters. The van der Waals surface area contributed by atoms with Gasteiger partial charge in [0.15, 0.2) is 0 Å². The molecule has 1 rings (SSSR count). The molecule has 0 saturated heterocycles. The van der Waals surface area contributed by atoms with Crippen LogP contribution in [0.4, 0.5) is 0 Å². The van der Waals surface area contributed by atoms with Crippen molar-refractivity contribution in [2.75, 3.05) is 0 Å². The van der Waals surface area contributed by atoms with Gasteiger partial charge in [0.25, 0.3) is 0 Å². The molecule has 1 unspecified atom stereocenters. The Morgan fingerprint density at radius 2 is 1.81 bits per heavy atom. The topological polar surface area (TPSA) is 12.0 Å². The first-order chi connectivity index (χ1) is 7.74. The third kappa shape index (κ3) is 4.80. The number of nitrogens with one attached hydrogen (secondary N) is 1. The average molecular weight is 219 g/mol. The first-order valence-electron chi connectivity index (χ1n) is 6.51. The summed E-state index contributed by atoms with van der Waals surface area (Å²) in [4.78, 5) is 0. The fraction of sp³-hybridized carbons (Fsp3) is 0.600. The van der Waals surface area contributed by atoms with Crippen molar-refractivity contribution in [2.24, 2.45) is 5.92 Å². The number of unbranched alkanes of at least 4 members (excludes halogenated alkanes) is 1. The predicted octanol–water partition coefficient (Wildman–Crippen LogP) is 3.99. The van der Waals surface area contributed by atoms with E-state index in [2.05, 4.69) is 56.4 Å². The molecular weight excluding hydrogens is 194 g/mol. The van der Waals surface area contributed by atoms with E-state index in [4.69, 9.17) is 0 Å². The highest BCUT2D eigenvalue weighted by molar-refractivity contribution is 5.14. The summed E-state index contributed by atoms with van der Waals surface area (Å²) in [7, 11) is 0.